The van der Waals surface area contributed by atoms with Gasteiger partial charge in [-0.05, 0) is 17.7 Å². The molecule has 1 heterocycles. The molecule has 0 unspecified atom stereocenters. The monoisotopic (exact) mass is 236 g/mol. The predicted octanol–water partition coefficient (Wildman–Crippen LogP) is 1.13. The van der Waals surface area contributed by atoms with Crippen molar-refractivity contribution in [2.75, 3.05) is 19.0 Å². The third-order valence-electron chi connectivity index (χ3n) is 2.42. The number of benzene rings is 1. The molecule has 0 saturated heterocycles. The van der Waals surface area contributed by atoms with Crippen LogP contribution in [-0.2, 0) is 11.3 Å². The van der Waals surface area contributed by atoms with E-state index in [1.54, 1.807) is 18.2 Å². The minimum Gasteiger partial charge on any atom is -0.482 e. The molecule has 0 bridgehead atoms. The first-order chi connectivity index (χ1) is 8.06. The van der Waals surface area contributed by atoms with Gasteiger partial charge >= 0.3 is 6.09 Å². The first-order valence-corrected chi connectivity index (χ1v) is 5.06. The van der Waals surface area contributed by atoms with Crippen molar-refractivity contribution < 1.29 is 19.4 Å². The lowest BCUT2D eigenvalue weighted by Crippen LogP contribution is -2.26. The van der Waals surface area contributed by atoms with Crippen LogP contribution in [0.1, 0.15) is 5.56 Å². The fraction of sp³-hybridized carbons (Fsp3) is 0.273. The molecule has 2 amide bonds. The Balaban J connectivity index is 2.18. The Morgan fingerprint density at radius 1 is 1.59 bits per heavy atom. The molecule has 0 saturated carbocycles. The molecular formula is C11H12N2O4. The summed E-state index contributed by atoms with van der Waals surface area (Å²) in [5.74, 6) is 0.396. The fourth-order valence-electron chi connectivity index (χ4n) is 1.57. The Kier molecular flexibility index (Phi) is 2.86. The summed E-state index contributed by atoms with van der Waals surface area (Å²) in [6.07, 6.45) is -0.997. The highest BCUT2D eigenvalue weighted by Gasteiger charge is 2.16. The average molecular weight is 236 g/mol. The molecule has 0 atom stereocenters. The Morgan fingerprint density at radius 3 is 3.06 bits per heavy atom. The van der Waals surface area contributed by atoms with Crippen molar-refractivity contribution in [1.82, 2.24) is 4.90 Å². The number of carbonyl (C=O) groups excluding carboxylic acids is 1. The maximum Gasteiger partial charge on any atom is 0.407 e. The lowest BCUT2D eigenvalue weighted by atomic mass is 10.1. The lowest BCUT2D eigenvalue weighted by Gasteiger charge is -2.19. The number of nitrogens with zero attached hydrogens (tertiary/aromatic N) is 1. The second kappa shape index (κ2) is 4.32. The Labute approximate surface area is 97.8 Å². The summed E-state index contributed by atoms with van der Waals surface area (Å²) in [4.78, 5) is 23.0. The van der Waals surface area contributed by atoms with Gasteiger partial charge in [-0.1, -0.05) is 6.07 Å². The molecule has 0 radical (unpaired) electrons. The van der Waals surface area contributed by atoms with Crippen LogP contribution in [0.5, 0.6) is 5.75 Å². The third-order valence-corrected chi connectivity index (χ3v) is 2.42. The zero-order valence-electron chi connectivity index (χ0n) is 9.27. The van der Waals surface area contributed by atoms with Gasteiger partial charge in [-0.15, -0.1) is 0 Å². The van der Waals surface area contributed by atoms with E-state index in [0.29, 0.717) is 11.4 Å². The van der Waals surface area contributed by atoms with Crippen molar-refractivity contribution >= 4 is 17.7 Å². The smallest absolute Gasteiger partial charge is 0.407 e. The van der Waals surface area contributed by atoms with Crippen LogP contribution < -0.4 is 10.1 Å². The maximum atomic E-state index is 11.1. The molecule has 0 fully saturated rings. The molecule has 17 heavy (non-hydrogen) atoms. The van der Waals surface area contributed by atoms with E-state index in [1.807, 2.05) is 0 Å². The standard InChI is InChI=1S/C11H12N2O4/c1-13(11(15)16)5-7-2-3-9-8(4-7)12-10(14)6-17-9/h2-4H,5-6H2,1H3,(H,12,14)(H,15,16). The zero-order valence-corrected chi connectivity index (χ0v) is 9.27. The second-order valence-electron chi connectivity index (χ2n) is 3.81. The van der Waals surface area contributed by atoms with Crippen LogP contribution in [-0.4, -0.2) is 35.7 Å². The van der Waals surface area contributed by atoms with Crippen molar-refractivity contribution in [2.45, 2.75) is 6.54 Å². The molecule has 1 aromatic rings. The van der Waals surface area contributed by atoms with Gasteiger partial charge in [0.25, 0.3) is 5.91 Å². The topological polar surface area (TPSA) is 78.9 Å². The van der Waals surface area contributed by atoms with Crippen molar-refractivity contribution in [1.29, 1.82) is 0 Å². The number of hydrogen-bond acceptors (Lipinski definition) is 3. The SMILES string of the molecule is CN(Cc1ccc2c(c1)NC(=O)CO2)C(=O)O. The molecule has 0 aliphatic carbocycles. The van der Waals surface area contributed by atoms with Gasteiger partial charge in [0.2, 0.25) is 0 Å². The molecular weight excluding hydrogens is 224 g/mol. The van der Waals surface area contributed by atoms with E-state index in [9.17, 15) is 9.59 Å². The molecule has 90 valence electrons. The van der Waals surface area contributed by atoms with Gasteiger partial charge in [0, 0.05) is 13.6 Å². The highest BCUT2D eigenvalue weighted by atomic mass is 16.5. The summed E-state index contributed by atoms with van der Waals surface area (Å²) in [5, 5.41) is 11.4. The number of ether oxygens (including phenoxy) is 1. The van der Waals surface area contributed by atoms with E-state index in [1.165, 1.54) is 7.05 Å². The number of carbonyl (C=O) groups is 2. The Bertz CT molecular complexity index is 473. The minimum absolute atomic E-state index is 0.0153. The number of carboxylic acid groups (broad SMARTS) is 1. The highest BCUT2D eigenvalue weighted by Crippen LogP contribution is 2.28. The number of anilines is 1. The van der Waals surface area contributed by atoms with Crippen LogP contribution in [0.2, 0.25) is 0 Å². The lowest BCUT2D eigenvalue weighted by molar-refractivity contribution is -0.118. The number of fused-ring (bicyclic) bond motifs is 1. The molecule has 0 spiro atoms. The molecule has 1 aromatic carbocycles. The van der Waals surface area contributed by atoms with E-state index < -0.39 is 6.09 Å². The molecule has 6 heteroatoms. The van der Waals surface area contributed by atoms with Crippen LogP contribution in [0.15, 0.2) is 18.2 Å². The third kappa shape index (κ3) is 2.47. The predicted molar refractivity (Wildman–Crippen MR) is 60.1 cm³/mol. The van der Waals surface area contributed by atoms with Gasteiger partial charge in [0.05, 0.1) is 5.69 Å². The Morgan fingerprint density at radius 2 is 2.35 bits per heavy atom. The van der Waals surface area contributed by atoms with Crippen molar-refractivity contribution in [2.24, 2.45) is 0 Å². The van der Waals surface area contributed by atoms with Gasteiger partial charge in [-0.2, -0.15) is 0 Å². The van der Waals surface area contributed by atoms with E-state index in [4.69, 9.17) is 9.84 Å². The van der Waals surface area contributed by atoms with Crippen LogP contribution >= 0.6 is 0 Å². The molecule has 2 N–H and O–H groups in total. The summed E-state index contributed by atoms with van der Waals surface area (Å²) in [7, 11) is 1.48. The zero-order chi connectivity index (χ0) is 12.4. The first-order valence-electron chi connectivity index (χ1n) is 5.06. The molecule has 0 aromatic heterocycles. The van der Waals surface area contributed by atoms with Crippen LogP contribution in [0.4, 0.5) is 10.5 Å². The molecule has 1 aliphatic rings. The van der Waals surface area contributed by atoms with Crippen LogP contribution in [0.25, 0.3) is 0 Å². The van der Waals surface area contributed by atoms with Crippen LogP contribution in [0, 0.1) is 0 Å². The minimum atomic E-state index is -0.997. The molecule has 6 nitrogen and oxygen atoms in total. The van der Waals surface area contributed by atoms with Crippen molar-refractivity contribution in [3.05, 3.63) is 23.8 Å². The van der Waals surface area contributed by atoms with E-state index in [0.717, 1.165) is 10.5 Å². The fourth-order valence-corrected chi connectivity index (χ4v) is 1.57. The number of hydrogen-bond donors (Lipinski definition) is 2. The summed E-state index contributed by atoms with van der Waals surface area (Å²) < 4.78 is 5.20. The van der Waals surface area contributed by atoms with Crippen molar-refractivity contribution in [3.63, 3.8) is 0 Å². The second-order valence-corrected chi connectivity index (χ2v) is 3.81. The largest absolute Gasteiger partial charge is 0.482 e. The van der Waals surface area contributed by atoms with E-state index in [2.05, 4.69) is 5.32 Å². The number of rotatable bonds is 2. The summed E-state index contributed by atoms with van der Waals surface area (Å²) in [5.41, 5.74) is 1.37. The van der Waals surface area contributed by atoms with Gasteiger partial charge in [-0.3, -0.25) is 4.79 Å². The van der Waals surface area contributed by atoms with Gasteiger partial charge < -0.3 is 20.1 Å². The number of amides is 2. The van der Waals surface area contributed by atoms with Gasteiger partial charge in [0.1, 0.15) is 5.75 Å². The molecule has 2 rings (SSSR count). The highest BCUT2D eigenvalue weighted by molar-refractivity contribution is 5.95. The first kappa shape index (κ1) is 11.3. The van der Waals surface area contributed by atoms with Crippen molar-refractivity contribution in [3.8, 4) is 5.75 Å². The quantitative estimate of drug-likeness (QED) is 0.806. The van der Waals surface area contributed by atoms with Crippen LogP contribution in [0.3, 0.4) is 0 Å². The number of nitrogens with one attached hydrogen (secondary N) is 1. The summed E-state index contributed by atoms with van der Waals surface area (Å²) in [6, 6.07) is 5.21. The summed E-state index contributed by atoms with van der Waals surface area (Å²) in [6.45, 7) is 0.278. The Hall–Kier alpha value is -2.24. The van der Waals surface area contributed by atoms with Gasteiger partial charge in [-0.25, -0.2) is 4.79 Å². The normalized spacial score (nSPS) is 13.4. The summed E-state index contributed by atoms with van der Waals surface area (Å²) >= 11 is 0. The maximum absolute atomic E-state index is 11.1. The van der Waals surface area contributed by atoms with E-state index in [-0.39, 0.29) is 19.1 Å². The molecule has 1 aliphatic heterocycles. The van der Waals surface area contributed by atoms with Gasteiger partial charge in [0.15, 0.2) is 6.61 Å². The van der Waals surface area contributed by atoms with E-state index >= 15 is 0 Å². The average Bonchev–Trinajstić information content (AvgIpc) is 2.28.